The number of allylic oxidation sites excluding steroid dienone is 2. The Kier molecular flexibility index (Phi) is 11.3. The average molecular weight is 636 g/mol. The molecule has 0 bridgehead atoms. The minimum Gasteiger partial charge on any atom is -0.872 e. The van der Waals surface area contributed by atoms with Crippen molar-refractivity contribution in [1.29, 1.82) is 0 Å². The SMILES string of the molecule is CC1=[C-]c2c(ccc3ccccc23)C1.CC1=[C-]c2c(ccc3ccccc23)C1.[O-]c1ccccc1.[O-]c1ccccc1.[Zr+4]. The van der Waals surface area contributed by atoms with Gasteiger partial charge in [0.15, 0.2) is 0 Å². The van der Waals surface area contributed by atoms with Crippen LogP contribution in [0.5, 0.6) is 11.5 Å². The molecule has 0 unspecified atom stereocenters. The van der Waals surface area contributed by atoms with Gasteiger partial charge < -0.3 is 10.2 Å². The Balaban J connectivity index is 0.000000137. The Bertz CT molecular complexity index is 1720. The second-order valence-electron chi connectivity index (χ2n) is 10.4. The van der Waals surface area contributed by atoms with Gasteiger partial charge in [-0.1, -0.05) is 147 Å². The first kappa shape index (κ1) is 31.7. The monoisotopic (exact) mass is 634 g/mol. The summed E-state index contributed by atoms with van der Waals surface area (Å²) in [5.74, 6) is 0.144. The predicted molar refractivity (Wildman–Crippen MR) is 170 cm³/mol. The molecule has 0 heterocycles. The van der Waals surface area contributed by atoms with Crippen molar-refractivity contribution in [1.82, 2.24) is 0 Å². The van der Waals surface area contributed by atoms with Gasteiger partial charge in [0.05, 0.1) is 0 Å². The van der Waals surface area contributed by atoms with Crippen LogP contribution < -0.4 is 10.2 Å². The predicted octanol–water partition coefficient (Wildman–Crippen LogP) is 8.50. The molecule has 2 aliphatic rings. The molecule has 0 amide bonds. The van der Waals surface area contributed by atoms with Crippen molar-refractivity contribution in [2.45, 2.75) is 26.7 Å². The second-order valence-corrected chi connectivity index (χ2v) is 10.4. The van der Waals surface area contributed by atoms with E-state index in [1.54, 1.807) is 24.3 Å². The van der Waals surface area contributed by atoms with E-state index in [0.717, 1.165) is 12.8 Å². The van der Waals surface area contributed by atoms with Gasteiger partial charge >= 0.3 is 26.2 Å². The van der Waals surface area contributed by atoms with Crippen LogP contribution >= 0.6 is 0 Å². The van der Waals surface area contributed by atoms with Gasteiger partial charge in [-0.05, 0) is 0 Å². The van der Waals surface area contributed by atoms with Crippen LogP contribution in [0.2, 0.25) is 0 Å². The van der Waals surface area contributed by atoms with Gasteiger partial charge in [-0.3, -0.25) is 0 Å². The minimum atomic E-state index is 0. The largest absolute Gasteiger partial charge is 4.00 e. The molecule has 2 nitrogen and oxygen atoms in total. The third-order valence-electron chi connectivity index (χ3n) is 7.11. The number of para-hydroxylation sites is 2. The fraction of sp³-hybridized carbons (Fsp3) is 0.100. The standard InChI is InChI=1S/2C14H11.2C6H6O.Zr/c2*1-10-8-12-7-6-11-4-2-3-5-13(11)14(12)9-10;2*7-6-4-2-1-3-5-6;/h2*2-7H,8H2,1H3;2*1-5,7H;/q2*-1;;;+4/p-2. The normalized spacial score (nSPS) is 12.0. The summed E-state index contributed by atoms with van der Waals surface area (Å²) in [4.78, 5) is 0. The fourth-order valence-electron chi connectivity index (χ4n) is 5.15. The first-order valence-corrected chi connectivity index (χ1v) is 14.1. The molecule has 0 spiro atoms. The van der Waals surface area contributed by atoms with E-state index in [1.165, 1.54) is 79.2 Å². The molecule has 3 heteroatoms. The zero-order valence-corrected chi connectivity index (χ0v) is 26.9. The molecule has 6 aromatic carbocycles. The Morgan fingerprint density at radius 3 is 1.14 bits per heavy atom. The Hall–Kier alpha value is -4.20. The van der Waals surface area contributed by atoms with Crippen LogP contribution in [-0.2, 0) is 39.0 Å². The summed E-state index contributed by atoms with van der Waals surface area (Å²) in [7, 11) is 0. The van der Waals surface area contributed by atoms with Crippen LogP contribution in [-0.4, -0.2) is 0 Å². The maximum atomic E-state index is 10.3. The molecule has 0 aromatic heterocycles. The van der Waals surface area contributed by atoms with Crippen molar-refractivity contribution >= 4 is 21.5 Å². The van der Waals surface area contributed by atoms with Crippen LogP contribution in [0.25, 0.3) is 21.5 Å². The van der Waals surface area contributed by atoms with Crippen molar-refractivity contribution in [3.63, 3.8) is 0 Å². The molecular formula is C40H32O2Zr. The van der Waals surface area contributed by atoms with E-state index >= 15 is 0 Å². The molecule has 8 rings (SSSR count). The quantitative estimate of drug-likeness (QED) is 0.157. The summed E-state index contributed by atoms with van der Waals surface area (Å²) in [6, 6.07) is 42.5. The summed E-state index contributed by atoms with van der Waals surface area (Å²) >= 11 is 0. The zero-order chi connectivity index (χ0) is 29.3. The van der Waals surface area contributed by atoms with E-state index in [9.17, 15) is 10.2 Å². The van der Waals surface area contributed by atoms with Crippen molar-refractivity contribution in [2.24, 2.45) is 0 Å². The van der Waals surface area contributed by atoms with Gasteiger partial charge in [-0.2, -0.15) is 23.3 Å². The number of rotatable bonds is 0. The van der Waals surface area contributed by atoms with Crippen molar-refractivity contribution < 1.29 is 36.4 Å². The summed E-state index contributed by atoms with van der Waals surface area (Å²) < 4.78 is 0. The molecule has 0 aliphatic heterocycles. The Morgan fingerprint density at radius 1 is 0.442 bits per heavy atom. The van der Waals surface area contributed by atoms with Gasteiger partial charge in [-0.15, -0.1) is 68.8 Å². The van der Waals surface area contributed by atoms with Gasteiger partial charge in [0, 0.05) is 0 Å². The van der Waals surface area contributed by atoms with Crippen molar-refractivity contribution in [3.8, 4) is 11.5 Å². The fourth-order valence-corrected chi connectivity index (χ4v) is 5.15. The van der Waals surface area contributed by atoms with E-state index in [-0.39, 0.29) is 37.7 Å². The minimum absolute atomic E-state index is 0. The van der Waals surface area contributed by atoms with Crippen LogP contribution in [0, 0.1) is 12.2 Å². The second kappa shape index (κ2) is 15.3. The van der Waals surface area contributed by atoms with E-state index in [0.29, 0.717) is 0 Å². The smallest absolute Gasteiger partial charge is 0.872 e. The third-order valence-corrected chi connectivity index (χ3v) is 7.11. The summed E-state index contributed by atoms with van der Waals surface area (Å²) in [5, 5.41) is 25.8. The number of hydrogen-bond acceptors (Lipinski definition) is 2. The third kappa shape index (κ3) is 8.43. The maximum absolute atomic E-state index is 10.3. The van der Waals surface area contributed by atoms with Crippen LogP contribution in [0.4, 0.5) is 0 Å². The van der Waals surface area contributed by atoms with E-state index in [2.05, 4.69) is 98.8 Å². The van der Waals surface area contributed by atoms with E-state index < -0.39 is 0 Å². The molecule has 0 radical (unpaired) electrons. The molecule has 43 heavy (non-hydrogen) atoms. The van der Waals surface area contributed by atoms with Gasteiger partial charge in [0.1, 0.15) is 0 Å². The van der Waals surface area contributed by atoms with Crippen molar-refractivity contribution in [3.05, 3.63) is 179 Å². The number of fused-ring (bicyclic) bond motifs is 6. The Labute approximate surface area is 273 Å². The van der Waals surface area contributed by atoms with Crippen molar-refractivity contribution in [2.75, 3.05) is 0 Å². The first-order valence-electron chi connectivity index (χ1n) is 14.1. The van der Waals surface area contributed by atoms with E-state index in [4.69, 9.17) is 0 Å². The van der Waals surface area contributed by atoms with Crippen LogP contribution in [0.3, 0.4) is 0 Å². The molecule has 208 valence electrons. The van der Waals surface area contributed by atoms with Gasteiger partial charge in [0.25, 0.3) is 0 Å². The molecule has 0 atom stereocenters. The maximum Gasteiger partial charge on any atom is 4.00 e. The first-order chi connectivity index (χ1) is 20.5. The molecular weight excluding hydrogens is 604 g/mol. The molecule has 2 aliphatic carbocycles. The molecule has 0 saturated heterocycles. The molecule has 0 N–H and O–H groups in total. The molecule has 6 aromatic rings. The summed E-state index contributed by atoms with van der Waals surface area (Å²) in [6.07, 6.45) is 9.05. The topological polar surface area (TPSA) is 46.1 Å². The van der Waals surface area contributed by atoms with Crippen LogP contribution in [0.1, 0.15) is 36.1 Å². The average Bonchev–Trinajstić information content (AvgIpc) is 3.60. The molecule has 0 saturated carbocycles. The molecule has 0 fully saturated rings. The van der Waals surface area contributed by atoms with Crippen LogP contribution in [0.15, 0.2) is 145 Å². The number of hydrogen-bond donors (Lipinski definition) is 0. The van der Waals surface area contributed by atoms with E-state index in [1.807, 2.05) is 12.1 Å². The summed E-state index contributed by atoms with van der Waals surface area (Å²) in [6.45, 7) is 4.30. The zero-order valence-electron chi connectivity index (χ0n) is 24.4. The number of benzene rings is 6. The van der Waals surface area contributed by atoms with Gasteiger partial charge in [-0.25, -0.2) is 0 Å². The summed E-state index contributed by atoms with van der Waals surface area (Å²) in [5.41, 5.74) is 8.14. The van der Waals surface area contributed by atoms with Gasteiger partial charge in [0.2, 0.25) is 0 Å². The Morgan fingerprint density at radius 2 is 0.791 bits per heavy atom.